The summed E-state index contributed by atoms with van der Waals surface area (Å²) in [6.07, 6.45) is 6.18. The van der Waals surface area contributed by atoms with Crippen molar-refractivity contribution in [1.29, 1.82) is 5.41 Å². The number of benzene rings is 1. The van der Waals surface area contributed by atoms with Crippen molar-refractivity contribution < 1.29 is 4.79 Å². The Morgan fingerprint density at radius 2 is 2.00 bits per heavy atom. The second kappa shape index (κ2) is 6.29. The zero-order chi connectivity index (χ0) is 15.5. The number of nitrogens with two attached hydrogens (primary N) is 1. The van der Waals surface area contributed by atoms with Crippen LogP contribution in [-0.2, 0) is 0 Å². The van der Waals surface area contributed by atoms with Gasteiger partial charge in [-0.3, -0.25) is 4.79 Å². The smallest absolute Gasteiger partial charge is 0.251 e. The van der Waals surface area contributed by atoms with Crippen LogP contribution in [0.5, 0.6) is 0 Å². The number of anilines is 1. The Kier molecular flexibility index (Phi) is 4.66. The second-order valence-corrected chi connectivity index (χ2v) is 6.48. The molecule has 4 nitrogen and oxygen atoms in total. The van der Waals surface area contributed by atoms with Crippen LogP contribution < -0.4 is 11.1 Å². The van der Waals surface area contributed by atoms with Gasteiger partial charge in [0, 0.05) is 29.1 Å². The predicted octanol–water partition coefficient (Wildman–Crippen LogP) is 3.36. The van der Waals surface area contributed by atoms with E-state index in [2.05, 4.69) is 12.2 Å². The molecule has 0 radical (unpaired) electrons. The molecule has 1 aliphatic carbocycles. The lowest BCUT2D eigenvalue weighted by Crippen LogP contribution is -2.37. The van der Waals surface area contributed by atoms with Crippen LogP contribution in [0, 0.1) is 10.8 Å². The summed E-state index contributed by atoms with van der Waals surface area (Å²) in [5, 5.41) is 10.7. The number of hydrogen-bond acceptors (Lipinski definition) is 3. The quantitative estimate of drug-likeness (QED) is 0.586. The topological polar surface area (TPSA) is 79.0 Å². The van der Waals surface area contributed by atoms with E-state index >= 15 is 0 Å². The highest BCUT2D eigenvalue weighted by Gasteiger charge is 2.27. The van der Waals surface area contributed by atoms with Gasteiger partial charge in [-0.05, 0) is 43.4 Å². The van der Waals surface area contributed by atoms with Gasteiger partial charge in [0.15, 0.2) is 0 Å². The minimum absolute atomic E-state index is 0.0794. The third-order valence-electron chi connectivity index (χ3n) is 4.46. The van der Waals surface area contributed by atoms with E-state index in [0.717, 1.165) is 6.54 Å². The van der Waals surface area contributed by atoms with E-state index in [4.69, 9.17) is 11.1 Å². The molecular formula is C17H25N3O. The minimum Gasteiger partial charge on any atom is -0.398 e. The first-order valence-corrected chi connectivity index (χ1v) is 7.65. The average Bonchev–Trinajstić information content (AvgIpc) is 2.46. The molecule has 114 valence electrons. The second-order valence-electron chi connectivity index (χ2n) is 6.48. The Morgan fingerprint density at radius 3 is 2.62 bits per heavy atom. The van der Waals surface area contributed by atoms with Crippen molar-refractivity contribution in [3.05, 3.63) is 29.3 Å². The normalized spacial score (nSPS) is 17.2. The largest absolute Gasteiger partial charge is 0.398 e. The molecule has 21 heavy (non-hydrogen) atoms. The van der Waals surface area contributed by atoms with E-state index in [1.54, 1.807) is 25.1 Å². The molecule has 1 aromatic rings. The van der Waals surface area contributed by atoms with Crippen molar-refractivity contribution in [2.24, 2.45) is 5.41 Å². The maximum atomic E-state index is 12.3. The van der Waals surface area contributed by atoms with Crippen molar-refractivity contribution in [3.63, 3.8) is 0 Å². The molecule has 4 heteroatoms. The third-order valence-corrected chi connectivity index (χ3v) is 4.46. The highest BCUT2D eigenvalue weighted by molar-refractivity contribution is 6.04. The van der Waals surface area contributed by atoms with E-state index < -0.39 is 0 Å². The van der Waals surface area contributed by atoms with Gasteiger partial charge in [-0.15, -0.1) is 0 Å². The molecule has 0 heterocycles. The van der Waals surface area contributed by atoms with Crippen LogP contribution in [0.3, 0.4) is 0 Å². The van der Waals surface area contributed by atoms with Crippen LogP contribution in [0.2, 0.25) is 0 Å². The SMILES string of the molecule is CC(=N)c1cc(C(=O)NCC2(C)CCCCC2)ccc1N. The molecule has 2 rings (SSSR count). The zero-order valence-corrected chi connectivity index (χ0v) is 13.0. The van der Waals surface area contributed by atoms with E-state index in [1.807, 2.05) is 0 Å². The molecule has 1 aromatic carbocycles. The molecule has 0 atom stereocenters. The molecule has 0 saturated heterocycles. The summed E-state index contributed by atoms with van der Waals surface area (Å²) in [5.74, 6) is -0.0794. The Morgan fingerprint density at radius 1 is 1.33 bits per heavy atom. The van der Waals surface area contributed by atoms with Crippen molar-refractivity contribution in [3.8, 4) is 0 Å². The molecule has 0 bridgehead atoms. The monoisotopic (exact) mass is 287 g/mol. The Balaban J connectivity index is 2.03. The molecule has 1 saturated carbocycles. The summed E-state index contributed by atoms with van der Waals surface area (Å²) < 4.78 is 0. The number of amides is 1. The number of nitrogens with one attached hydrogen (secondary N) is 2. The fourth-order valence-electron chi connectivity index (χ4n) is 3.00. The van der Waals surface area contributed by atoms with Gasteiger partial charge in [-0.25, -0.2) is 0 Å². The number of carbonyl (C=O) groups is 1. The Hall–Kier alpha value is -1.84. The third kappa shape index (κ3) is 3.84. The molecular weight excluding hydrogens is 262 g/mol. The van der Waals surface area contributed by atoms with E-state index in [1.165, 1.54) is 32.1 Å². The molecule has 0 unspecified atom stereocenters. The minimum atomic E-state index is -0.0794. The lowest BCUT2D eigenvalue weighted by molar-refractivity contribution is 0.0919. The van der Waals surface area contributed by atoms with Crippen molar-refractivity contribution in [1.82, 2.24) is 5.32 Å². The van der Waals surface area contributed by atoms with Gasteiger partial charge in [0.05, 0.1) is 0 Å². The van der Waals surface area contributed by atoms with Gasteiger partial charge in [-0.1, -0.05) is 26.2 Å². The lowest BCUT2D eigenvalue weighted by Gasteiger charge is -2.33. The highest BCUT2D eigenvalue weighted by atomic mass is 16.1. The number of nitrogen functional groups attached to an aromatic ring is 1. The van der Waals surface area contributed by atoms with E-state index in [9.17, 15) is 4.79 Å². The van der Waals surface area contributed by atoms with Crippen LogP contribution in [0.1, 0.15) is 61.9 Å². The van der Waals surface area contributed by atoms with Crippen molar-refractivity contribution >= 4 is 17.3 Å². The van der Waals surface area contributed by atoms with Crippen LogP contribution in [0.15, 0.2) is 18.2 Å². The number of carbonyl (C=O) groups excluding carboxylic acids is 1. The van der Waals surface area contributed by atoms with Gasteiger partial charge in [-0.2, -0.15) is 0 Å². The number of rotatable bonds is 4. The summed E-state index contributed by atoms with van der Waals surface area (Å²) in [5.41, 5.74) is 8.18. The van der Waals surface area contributed by atoms with Crippen molar-refractivity contribution in [2.45, 2.75) is 46.0 Å². The molecule has 1 aliphatic rings. The zero-order valence-electron chi connectivity index (χ0n) is 13.0. The van der Waals surface area contributed by atoms with Crippen molar-refractivity contribution in [2.75, 3.05) is 12.3 Å². The molecule has 0 spiro atoms. The first kappa shape index (κ1) is 15.5. The van der Waals surface area contributed by atoms with Crippen LogP contribution in [-0.4, -0.2) is 18.2 Å². The van der Waals surface area contributed by atoms with Gasteiger partial charge < -0.3 is 16.5 Å². The van der Waals surface area contributed by atoms with E-state index in [0.29, 0.717) is 22.5 Å². The van der Waals surface area contributed by atoms with Crippen LogP contribution in [0.4, 0.5) is 5.69 Å². The Bertz CT molecular complexity index is 545. The molecule has 0 aliphatic heterocycles. The van der Waals surface area contributed by atoms with Gasteiger partial charge in [0.1, 0.15) is 0 Å². The predicted molar refractivity (Wildman–Crippen MR) is 86.9 cm³/mol. The van der Waals surface area contributed by atoms with Gasteiger partial charge >= 0.3 is 0 Å². The number of hydrogen-bond donors (Lipinski definition) is 3. The summed E-state index contributed by atoms with van der Waals surface area (Å²) in [6.45, 7) is 4.65. The molecule has 1 amide bonds. The maximum Gasteiger partial charge on any atom is 0.251 e. The molecule has 0 aromatic heterocycles. The van der Waals surface area contributed by atoms with Gasteiger partial charge in [0.25, 0.3) is 5.91 Å². The first-order valence-electron chi connectivity index (χ1n) is 7.65. The lowest BCUT2D eigenvalue weighted by atomic mass is 9.76. The summed E-state index contributed by atoms with van der Waals surface area (Å²) in [6, 6.07) is 5.13. The highest BCUT2D eigenvalue weighted by Crippen LogP contribution is 2.34. The van der Waals surface area contributed by atoms with Crippen LogP contribution in [0.25, 0.3) is 0 Å². The fraction of sp³-hybridized carbons (Fsp3) is 0.529. The Labute approximate surface area is 126 Å². The van der Waals surface area contributed by atoms with Crippen LogP contribution >= 0.6 is 0 Å². The standard InChI is InChI=1S/C17H25N3O/c1-12(18)14-10-13(6-7-15(14)19)16(21)20-11-17(2)8-4-3-5-9-17/h6-7,10,18H,3-5,8-9,11,19H2,1-2H3,(H,20,21). The summed E-state index contributed by atoms with van der Waals surface area (Å²) >= 11 is 0. The average molecular weight is 287 g/mol. The molecule has 4 N–H and O–H groups in total. The molecule has 1 fully saturated rings. The van der Waals surface area contributed by atoms with Gasteiger partial charge in [0.2, 0.25) is 0 Å². The maximum absolute atomic E-state index is 12.3. The summed E-state index contributed by atoms with van der Waals surface area (Å²) in [4.78, 5) is 12.3. The van der Waals surface area contributed by atoms with E-state index in [-0.39, 0.29) is 11.3 Å². The fourth-order valence-corrected chi connectivity index (χ4v) is 3.00. The first-order chi connectivity index (χ1) is 9.91. The summed E-state index contributed by atoms with van der Waals surface area (Å²) in [7, 11) is 0.